The predicted octanol–water partition coefficient (Wildman–Crippen LogP) is 2.78. The minimum absolute atomic E-state index is 0.131. The molecule has 3 nitrogen and oxygen atoms in total. The van der Waals surface area contributed by atoms with Crippen molar-refractivity contribution in [2.24, 2.45) is 11.3 Å². The SMILES string of the molecule is CC(C)(C)CC1CC1(CO)c1ccc(S(C)(=O)=O)cc1. The Morgan fingerprint density at radius 3 is 2.20 bits per heavy atom. The Balaban J connectivity index is 2.23. The molecule has 0 spiro atoms. The molecule has 0 heterocycles. The van der Waals surface area contributed by atoms with Gasteiger partial charge in [0.2, 0.25) is 0 Å². The Hall–Kier alpha value is -0.870. The average molecular weight is 296 g/mol. The Kier molecular flexibility index (Phi) is 3.76. The molecule has 1 saturated carbocycles. The maximum Gasteiger partial charge on any atom is 0.175 e. The first-order chi connectivity index (χ1) is 9.08. The summed E-state index contributed by atoms with van der Waals surface area (Å²) in [5, 5.41) is 9.79. The molecule has 0 amide bonds. The zero-order valence-corrected chi connectivity index (χ0v) is 13.5. The number of rotatable bonds is 4. The van der Waals surface area contributed by atoms with Crippen molar-refractivity contribution < 1.29 is 13.5 Å². The van der Waals surface area contributed by atoms with Gasteiger partial charge in [0.05, 0.1) is 11.5 Å². The summed E-state index contributed by atoms with van der Waals surface area (Å²) < 4.78 is 23.0. The first kappa shape index (κ1) is 15.5. The van der Waals surface area contributed by atoms with Crippen molar-refractivity contribution in [2.75, 3.05) is 12.9 Å². The third kappa shape index (κ3) is 3.07. The van der Waals surface area contributed by atoms with E-state index in [2.05, 4.69) is 20.8 Å². The Labute approximate surface area is 121 Å². The van der Waals surface area contributed by atoms with E-state index in [9.17, 15) is 13.5 Å². The average Bonchev–Trinajstić information content (AvgIpc) is 3.00. The second-order valence-electron chi connectivity index (χ2n) is 7.28. The van der Waals surface area contributed by atoms with Crippen molar-refractivity contribution in [1.29, 1.82) is 0 Å². The van der Waals surface area contributed by atoms with E-state index in [0.717, 1.165) is 18.4 Å². The monoisotopic (exact) mass is 296 g/mol. The molecule has 0 bridgehead atoms. The molecule has 2 rings (SSSR count). The fraction of sp³-hybridized carbons (Fsp3) is 0.625. The zero-order valence-electron chi connectivity index (χ0n) is 12.7. The normalized spacial score (nSPS) is 26.6. The number of benzene rings is 1. The van der Waals surface area contributed by atoms with Crippen molar-refractivity contribution in [2.45, 2.75) is 43.9 Å². The van der Waals surface area contributed by atoms with Gasteiger partial charge in [0.25, 0.3) is 0 Å². The van der Waals surface area contributed by atoms with Crippen LogP contribution in [0.1, 0.15) is 39.2 Å². The Morgan fingerprint density at radius 2 is 1.80 bits per heavy atom. The highest BCUT2D eigenvalue weighted by molar-refractivity contribution is 7.90. The summed E-state index contributed by atoms with van der Waals surface area (Å²) in [5.74, 6) is 0.483. The number of aliphatic hydroxyl groups excluding tert-OH is 1. The zero-order chi connectivity index (χ0) is 15.2. The van der Waals surface area contributed by atoms with Crippen LogP contribution in [0.25, 0.3) is 0 Å². The van der Waals surface area contributed by atoms with Crippen LogP contribution in [0.15, 0.2) is 29.2 Å². The molecule has 1 aliphatic carbocycles. The largest absolute Gasteiger partial charge is 0.395 e. The van der Waals surface area contributed by atoms with Gasteiger partial charge < -0.3 is 5.11 Å². The highest BCUT2D eigenvalue weighted by Crippen LogP contribution is 2.58. The molecule has 0 aliphatic heterocycles. The van der Waals surface area contributed by atoms with Gasteiger partial charge in [0, 0.05) is 11.7 Å². The molecule has 1 aliphatic rings. The number of sulfone groups is 1. The van der Waals surface area contributed by atoms with E-state index in [-0.39, 0.29) is 17.4 Å². The lowest BCUT2D eigenvalue weighted by atomic mass is 9.84. The molecule has 1 fully saturated rings. The molecule has 0 radical (unpaired) electrons. The first-order valence-corrected chi connectivity index (χ1v) is 8.89. The molecule has 20 heavy (non-hydrogen) atoms. The molecule has 4 heteroatoms. The van der Waals surface area contributed by atoms with Gasteiger partial charge in [0.1, 0.15) is 0 Å². The van der Waals surface area contributed by atoms with Crippen molar-refractivity contribution >= 4 is 9.84 Å². The van der Waals surface area contributed by atoms with E-state index < -0.39 is 9.84 Å². The molecule has 1 aromatic rings. The van der Waals surface area contributed by atoms with Gasteiger partial charge >= 0.3 is 0 Å². The molecule has 2 unspecified atom stereocenters. The summed E-state index contributed by atoms with van der Waals surface area (Å²) in [6.45, 7) is 6.76. The van der Waals surface area contributed by atoms with Crippen molar-refractivity contribution in [3.8, 4) is 0 Å². The van der Waals surface area contributed by atoms with E-state index in [0.29, 0.717) is 10.8 Å². The van der Waals surface area contributed by atoms with Gasteiger partial charge in [-0.15, -0.1) is 0 Å². The molecule has 0 saturated heterocycles. The van der Waals surface area contributed by atoms with Crippen LogP contribution in [0.4, 0.5) is 0 Å². The lowest BCUT2D eigenvalue weighted by molar-refractivity contribution is 0.231. The van der Waals surface area contributed by atoms with E-state index in [4.69, 9.17) is 0 Å². The van der Waals surface area contributed by atoms with Crippen LogP contribution >= 0.6 is 0 Å². The quantitative estimate of drug-likeness (QED) is 0.929. The number of aliphatic hydroxyl groups is 1. The fourth-order valence-corrected chi connectivity index (χ4v) is 3.69. The summed E-state index contributed by atoms with van der Waals surface area (Å²) in [6, 6.07) is 7.01. The molecule has 1 aromatic carbocycles. The van der Waals surface area contributed by atoms with E-state index in [1.54, 1.807) is 12.1 Å². The van der Waals surface area contributed by atoms with E-state index >= 15 is 0 Å². The van der Waals surface area contributed by atoms with E-state index in [1.165, 1.54) is 6.26 Å². The minimum atomic E-state index is -3.16. The highest BCUT2D eigenvalue weighted by Gasteiger charge is 2.55. The highest BCUT2D eigenvalue weighted by atomic mass is 32.2. The van der Waals surface area contributed by atoms with Crippen molar-refractivity contribution in [3.05, 3.63) is 29.8 Å². The third-order valence-electron chi connectivity index (χ3n) is 4.23. The first-order valence-electron chi connectivity index (χ1n) is 7.00. The van der Waals surface area contributed by atoms with Gasteiger partial charge in [-0.1, -0.05) is 32.9 Å². The molecule has 112 valence electrons. The molecular weight excluding hydrogens is 272 g/mol. The summed E-state index contributed by atoms with van der Waals surface area (Å²) >= 11 is 0. The molecule has 1 N–H and O–H groups in total. The summed E-state index contributed by atoms with van der Waals surface area (Å²) in [5.41, 5.74) is 1.14. The van der Waals surface area contributed by atoms with E-state index in [1.807, 2.05) is 12.1 Å². The van der Waals surface area contributed by atoms with Crippen molar-refractivity contribution in [1.82, 2.24) is 0 Å². The van der Waals surface area contributed by atoms with Gasteiger partial charge in [0.15, 0.2) is 9.84 Å². The van der Waals surface area contributed by atoms with Crippen LogP contribution in [0.3, 0.4) is 0 Å². The Morgan fingerprint density at radius 1 is 1.25 bits per heavy atom. The lowest BCUT2D eigenvalue weighted by Crippen LogP contribution is -2.18. The van der Waals surface area contributed by atoms with Crippen LogP contribution in [0.2, 0.25) is 0 Å². The maximum absolute atomic E-state index is 11.5. The lowest BCUT2D eigenvalue weighted by Gasteiger charge is -2.22. The third-order valence-corrected chi connectivity index (χ3v) is 5.36. The predicted molar refractivity (Wildman–Crippen MR) is 80.5 cm³/mol. The summed E-state index contributed by atoms with van der Waals surface area (Å²) in [6.07, 6.45) is 3.27. The smallest absolute Gasteiger partial charge is 0.175 e. The van der Waals surface area contributed by atoms with Crippen LogP contribution in [-0.2, 0) is 15.3 Å². The topological polar surface area (TPSA) is 54.4 Å². The van der Waals surface area contributed by atoms with Crippen molar-refractivity contribution in [3.63, 3.8) is 0 Å². The second-order valence-corrected chi connectivity index (χ2v) is 9.29. The van der Waals surface area contributed by atoms with Crippen LogP contribution < -0.4 is 0 Å². The van der Waals surface area contributed by atoms with Gasteiger partial charge in [-0.3, -0.25) is 0 Å². The minimum Gasteiger partial charge on any atom is -0.395 e. The second kappa shape index (κ2) is 4.85. The van der Waals surface area contributed by atoms with Gasteiger partial charge in [-0.05, 0) is 41.9 Å². The van der Waals surface area contributed by atoms with Crippen LogP contribution in [-0.4, -0.2) is 26.4 Å². The van der Waals surface area contributed by atoms with Crippen LogP contribution in [0.5, 0.6) is 0 Å². The van der Waals surface area contributed by atoms with Gasteiger partial charge in [-0.25, -0.2) is 8.42 Å². The maximum atomic E-state index is 11.5. The molecular formula is C16H24O3S. The fourth-order valence-electron chi connectivity index (χ4n) is 3.06. The standard InChI is InChI=1S/C16H24O3S/c1-15(2,3)9-13-10-16(13,11-17)12-5-7-14(8-6-12)20(4,18)19/h5-8,13,17H,9-11H2,1-4H3. The number of hydrogen-bond acceptors (Lipinski definition) is 3. The number of hydrogen-bond donors (Lipinski definition) is 1. The Bertz CT molecular complexity index is 581. The van der Waals surface area contributed by atoms with Gasteiger partial charge in [-0.2, -0.15) is 0 Å². The molecule has 2 atom stereocenters. The molecule has 0 aromatic heterocycles. The summed E-state index contributed by atoms with van der Waals surface area (Å²) in [4.78, 5) is 0.336. The van der Waals surface area contributed by atoms with Crippen LogP contribution in [0, 0.1) is 11.3 Å². The summed E-state index contributed by atoms with van der Waals surface area (Å²) in [7, 11) is -3.16.